The van der Waals surface area contributed by atoms with Gasteiger partial charge < -0.3 is 10.2 Å². The minimum Gasteiger partial charge on any atom is -0.508 e. The van der Waals surface area contributed by atoms with E-state index in [-0.39, 0.29) is 27.7 Å². The maximum atomic E-state index is 13.4. The molecular formula is C14H10F2O3S. The average Bonchev–Trinajstić information content (AvgIpc) is 2.39. The largest absolute Gasteiger partial charge is 0.508 e. The molecule has 0 amide bonds. The predicted molar refractivity (Wildman–Crippen MR) is 71.2 cm³/mol. The first-order chi connectivity index (χ1) is 9.47. The third kappa shape index (κ3) is 3.27. The Hall–Kier alpha value is -2.08. The molecule has 0 heterocycles. The highest BCUT2D eigenvalue weighted by Crippen LogP contribution is 2.27. The number of phenols is 2. The molecule has 0 bridgehead atoms. The molecule has 20 heavy (non-hydrogen) atoms. The lowest BCUT2D eigenvalue weighted by atomic mass is 10.1. The fraction of sp³-hybridized carbons (Fsp3) is 0.0714. The van der Waals surface area contributed by atoms with Crippen molar-refractivity contribution in [3.8, 4) is 11.5 Å². The molecule has 2 aromatic carbocycles. The highest BCUT2D eigenvalue weighted by atomic mass is 32.2. The summed E-state index contributed by atoms with van der Waals surface area (Å²) in [5.41, 5.74) is 0.0205. The monoisotopic (exact) mass is 296 g/mol. The summed E-state index contributed by atoms with van der Waals surface area (Å²) < 4.78 is 26.3. The topological polar surface area (TPSA) is 57.5 Å². The van der Waals surface area contributed by atoms with E-state index in [0.29, 0.717) is 0 Å². The molecule has 0 fully saturated rings. The number of benzene rings is 2. The molecule has 0 aliphatic heterocycles. The Morgan fingerprint density at radius 3 is 2.55 bits per heavy atom. The minimum absolute atomic E-state index is 0.0205. The van der Waals surface area contributed by atoms with Gasteiger partial charge in [-0.1, -0.05) is 0 Å². The summed E-state index contributed by atoms with van der Waals surface area (Å²) in [5.74, 6) is -2.32. The minimum atomic E-state index is -0.612. The lowest BCUT2D eigenvalue weighted by Crippen LogP contribution is -2.03. The van der Waals surface area contributed by atoms with Crippen LogP contribution in [0.3, 0.4) is 0 Å². The fourth-order valence-electron chi connectivity index (χ4n) is 1.56. The van der Waals surface area contributed by atoms with Crippen molar-refractivity contribution < 1.29 is 23.8 Å². The molecular weight excluding hydrogens is 286 g/mol. The van der Waals surface area contributed by atoms with Crippen LogP contribution in [0.2, 0.25) is 0 Å². The van der Waals surface area contributed by atoms with Crippen LogP contribution in [-0.4, -0.2) is 21.7 Å². The summed E-state index contributed by atoms with van der Waals surface area (Å²) in [4.78, 5) is 11.9. The molecule has 2 aromatic rings. The summed E-state index contributed by atoms with van der Waals surface area (Å²) >= 11 is 0.839. The summed E-state index contributed by atoms with van der Waals surface area (Å²) in [6, 6.07) is 6.56. The van der Waals surface area contributed by atoms with Crippen LogP contribution in [0, 0.1) is 11.6 Å². The molecule has 0 unspecified atom stereocenters. The van der Waals surface area contributed by atoms with Gasteiger partial charge in [-0.3, -0.25) is 4.79 Å². The molecule has 0 saturated heterocycles. The summed E-state index contributed by atoms with van der Waals surface area (Å²) in [5, 5.41) is 18.7. The van der Waals surface area contributed by atoms with E-state index in [9.17, 15) is 18.7 Å². The number of Topliss-reactive ketones (excluding diaryl/α,β-unsaturated/α-hetero) is 1. The zero-order chi connectivity index (χ0) is 14.7. The average molecular weight is 296 g/mol. The second-order valence-electron chi connectivity index (χ2n) is 3.99. The molecule has 0 radical (unpaired) electrons. The highest BCUT2D eigenvalue weighted by Gasteiger charge is 2.13. The normalized spacial score (nSPS) is 10.5. The number of hydrogen-bond donors (Lipinski definition) is 2. The molecule has 0 aliphatic carbocycles. The number of thioether (sulfide) groups is 1. The van der Waals surface area contributed by atoms with Crippen LogP contribution in [0.5, 0.6) is 11.5 Å². The Kier molecular flexibility index (Phi) is 4.24. The molecule has 0 spiro atoms. The van der Waals surface area contributed by atoms with E-state index >= 15 is 0 Å². The van der Waals surface area contributed by atoms with Gasteiger partial charge in [0, 0.05) is 11.0 Å². The van der Waals surface area contributed by atoms with Crippen molar-refractivity contribution in [3.05, 3.63) is 53.6 Å². The Balaban J connectivity index is 2.10. The number of rotatable bonds is 4. The first-order valence-electron chi connectivity index (χ1n) is 5.60. The van der Waals surface area contributed by atoms with E-state index in [1.807, 2.05) is 0 Å². The van der Waals surface area contributed by atoms with Gasteiger partial charge in [0.05, 0.1) is 11.3 Å². The number of carbonyl (C=O) groups is 1. The first kappa shape index (κ1) is 14.3. The van der Waals surface area contributed by atoms with Crippen LogP contribution in [0.15, 0.2) is 41.3 Å². The SMILES string of the molecule is O=C(CSc1cc(F)ccc1F)c1ccc(O)cc1O. The lowest BCUT2D eigenvalue weighted by molar-refractivity contribution is 0.102. The number of carbonyl (C=O) groups excluding carboxylic acids is 1. The van der Waals surface area contributed by atoms with Crippen molar-refractivity contribution in [1.82, 2.24) is 0 Å². The standard InChI is InChI=1S/C14H10F2O3S/c15-8-1-4-11(16)14(5-8)20-7-13(19)10-3-2-9(17)6-12(10)18/h1-6,17-18H,7H2. The number of halogens is 2. The molecule has 0 aliphatic rings. The number of ketones is 1. The second kappa shape index (κ2) is 5.92. The van der Waals surface area contributed by atoms with Crippen LogP contribution in [-0.2, 0) is 0 Å². The van der Waals surface area contributed by atoms with E-state index in [2.05, 4.69) is 0 Å². The van der Waals surface area contributed by atoms with Gasteiger partial charge in [0.1, 0.15) is 23.1 Å². The summed E-state index contributed by atoms with van der Waals surface area (Å²) in [6.07, 6.45) is 0. The predicted octanol–water partition coefficient (Wildman–Crippen LogP) is 3.35. The van der Waals surface area contributed by atoms with Gasteiger partial charge >= 0.3 is 0 Å². The summed E-state index contributed by atoms with van der Waals surface area (Å²) in [6.45, 7) is 0. The Bertz CT molecular complexity index is 659. The van der Waals surface area contributed by atoms with E-state index in [1.165, 1.54) is 12.1 Å². The number of phenolic OH excluding ortho intramolecular Hbond substituents is 2. The number of hydrogen-bond acceptors (Lipinski definition) is 4. The van der Waals surface area contributed by atoms with Gasteiger partial charge in [0.25, 0.3) is 0 Å². The van der Waals surface area contributed by atoms with Crippen molar-refractivity contribution in [2.45, 2.75) is 4.90 Å². The molecule has 2 rings (SSSR count). The highest BCUT2D eigenvalue weighted by molar-refractivity contribution is 8.00. The Morgan fingerprint density at radius 1 is 1.10 bits per heavy atom. The van der Waals surface area contributed by atoms with Gasteiger partial charge in [0.15, 0.2) is 5.78 Å². The smallest absolute Gasteiger partial charge is 0.176 e. The molecule has 0 aromatic heterocycles. The number of aromatic hydroxyl groups is 2. The van der Waals surface area contributed by atoms with Gasteiger partial charge in [-0.2, -0.15) is 0 Å². The molecule has 0 atom stereocenters. The van der Waals surface area contributed by atoms with Gasteiger partial charge in [-0.25, -0.2) is 8.78 Å². The van der Waals surface area contributed by atoms with Gasteiger partial charge in [-0.05, 0) is 30.3 Å². The van der Waals surface area contributed by atoms with Gasteiger partial charge in [-0.15, -0.1) is 11.8 Å². The molecule has 6 heteroatoms. The lowest BCUT2D eigenvalue weighted by Gasteiger charge is -2.05. The van der Waals surface area contributed by atoms with E-state index in [4.69, 9.17) is 5.11 Å². The van der Waals surface area contributed by atoms with E-state index in [1.54, 1.807) is 0 Å². The van der Waals surface area contributed by atoms with Crippen molar-refractivity contribution in [1.29, 1.82) is 0 Å². The maximum Gasteiger partial charge on any atom is 0.176 e. The van der Waals surface area contributed by atoms with E-state index in [0.717, 1.165) is 36.0 Å². The van der Waals surface area contributed by atoms with Crippen molar-refractivity contribution in [2.75, 3.05) is 5.75 Å². The molecule has 3 nitrogen and oxygen atoms in total. The van der Waals surface area contributed by atoms with Crippen LogP contribution in [0.25, 0.3) is 0 Å². The van der Waals surface area contributed by atoms with Gasteiger partial charge in [0.2, 0.25) is 0 Å². The molecule has 2 N–H and O–H groups in total. The maximum absolute atomic E-state index is 13.4. The first-order valence-corrected chi connectivity index (χ1v) is 6.59. The fourth-order valence-corrected chi connectivity index (χ4v) is 2.41. The van der Waals surface area contributed by atoms with Crippen LogP contribution in [0.4, 0.5) is 8.78 Å². The third-order valence-corrected chi connectivity index (χ3v) is 3.56. The van der Waals surface area contributed by atoms with Crippen LogP contribution in [0.1, 0.15) is 10.4 Å². The quantitative estimate of drug-likeness (QED) is 0.671. The van der Waals surface area contributed by atoms with Crippen LogP contribution < -0.4 is 0 Å². The van der Waals surface area contributed by atoms with E-state index < -0.39 is 17.4 Å². The third-order valence-electron chi connectivity index (χ3n) is 2.53. The Morgan fingerprint density at radius 2 is 1.85 bits per heavy atom. The summed E-state index contributed by atoms with van der Waals surface area (Å²) in [7, 11) is 0. The van der Waals surface area contributed by atoms with Crippen molar-refractivity contribution in [2.24, 2.45) is 0 Å². The molecule has 104 valence electrons. The van der Waals surface area contributed by atoms with Crippen LogP contribution >= 0.6 is 11.8 Å². The van der Waals surface area contributed by atoms with Crippen molar-refractivity contribution in [3.63, 3.8) is 0 Å². The second-order valence-corrected chi connectivity index (χ2v) is 5.01. The van der Waals surface area contributed by atoms with Crippen molar-refractivity contribution >= 4 is 17.5 Å². The zero-order valence-corrected chi connectivity index (χ0v) is 11.0. The zero-order valence-electron chi connectivity index (χ0n) is 10.1. The Labute approximate surface area is 117 Å². The molecule has 0 saturated carbocycles.